The number of thiazole rings is 1. The molecule has 0 fully saturated rings. The molecule has 1 amide bonds. The third-order valence-electron chi connectivity index (χ3n) is 3.63. The van der Waals surface area contributed by atoms with Crippen LogP contribution in [0.15, 0.2) is 64.6 Å². The summed E-state index contributed by atoms with van der Waals surface area (Å²) in [6.45, 7) is 0. The molecule has 4 aromatic rings. The van der Waals surface area contributed by atoms with Crippen molar-refractivity contribution in [2.24, 2.45) is 0 Å². The summed E-state index contributed by atoms with van der Waals surface area (Å²) in [7, 11) is 0. The Hall–Kier alpha value is -2.99. The van der Waals surface area contributed by atoms with Crippen molar-refractivity contribution in [1.29, 1.82) is 0 Å². The van der Waals surface area contributed by atoms with Gasteiger partial charge in [0.05, 0.1) is 6.42 Å². The van der Waals surface area contributed by atoms with Gasteiger partial charge in [0.15, 0.2) is 5.58 Å². The van der Waals surface area contributed by atoms with Crippen LogP contribution in [0, 0.1) is 0 Å². The zero-order valence-corrected chi connectivity index (χ0v) is 13.4. The smallest absolute Gasteiger partial charge is 0.230 e. The molecule has 0 saturated carbocycles. The van der Waals surface area contributed by atoms with Crippen molar-refractivity contribution in [2.75, 3.05) is 5.32 Å². The first-order chi connectivity index (χ1) is 11.8. The highest BCUT2D eigenvalue weighted by Crippen LogP contribution is 2.23. The molecular formula is C18H13N3O2S. The molecule has 0 saturated heterocycles. The molecule has 0 unspecified atom stereocenters. The lowest BCUT2D eigenvalue weighted by Gasteiger charge is -2.05. The third-order valence-corrected chi connectivity index (χ3v) is 4.45. The van der Waals surface area contributed by atoms with Gasteiger partial charge in [0, 0.05) is 28.2 Å². The van der Waals surface area contributed by atoms with Crippen LogP contribution in [-0.4, -0.2) is 16.0 Å². The Morgan fingerprint density at radius 2 is 1.96 bits per heavy atom. The lowest BCUT2D eigenvalue weighted by molar-refractivity contribution is -0.115. The van der Waals surface area contributed by atoms with Crippen LogP contribution in [0.5, 0.6) is 0 Å². The van der Waals surface area contributed by atoms with Crippen LogP contribution in [0.1, 0.15) is 5.69 Å². The van der Waals surface area contributed by atoms with E-state index in [0.29, 0.717) is 11.3 Å². The largest absolute Gasteiger partial charge is 0.356 e. The summed E-state index contributed by atoms with van der Waals surface area (Å²) in [6.07, 6.45) is 1.95. The molecule has 0 aliphatic carbocycles. The van der Waals surface area contributed by atoms with Gasteiger partial charge in [-0.25, -0.2) is 4.98 Å². The van der Waals surface area contributed by atoms with Crippen LogP contribution < -0.4 is 5.32 Å². The summed E-state index contributed by atoms with van der Waals surface area (Å²) >= 11 is 1.58. The summed E-state index contributed by atoms with van der Waals surface area (Å²) < 4.78 is 5.22. The molecule has 2 heterocycles. The first kappa shape index (κ1) is 14.6. The molecule has 0 aliphatic rings. The van der Waals surface area contributed by atoms with Gasteiger partial charge in [-0.15, -0.1) is 11.3 Å². The first-order valence-electron chi connectivity index (χ1n) is 7.43. The highest BCUT2D eigenvalue weighted by atomic mass is 32.1. The topological polar surface area (TPSA) is 68.0 Å². The Balaban J connectivity index is 1.46. The molecule has 0 atom stereocenters. The van der Waals surface area contributed by atoms with Crippen molar-refractivity contribution in [2.45, 2.75) is 6.42 Å². The summed E-state index contributed by atoms with van der Waals surface area (Å²) in [5.74, 6) is -0.129. The van der Waals surface area contributed by atoms with E-state index in [1.165, 1.54) is 0 Å². The lowest BCUT2D eigenvalue weighted by atomic mass is 10.1. The number of anilines is 1. The number of amides is 1. The number of nitrogens with zero attached hydrogens (tertiary/aromatic N) is 2. The minimum atomic E-state index is -0.129. The van der Waals surface area contributed by atoms with Crippen molar-refractivity contribution in [3.05, 3.63) is 65.8 Å². The second-order valence-electron chi connectivity index (χ2n) is 5.26. The van der Waals surface area contributed by atoms with E-state index in [1.807, 2.05) is 53.9 Å². The summed E-state index contributed by atoms with van der Waals surface area (Å²) in [6, 6.07) is 15.1. The number of aromatic nitrogens is 2. The molecule has 2 aromatic carbocycles. The highest BCUT2D eigenvalue weighted by molar-refractivity contribution is 7.13. The average molecular weight is 335 g/mol. The van der Waals surface area contributed by atoms with Gasteiger partial charge in [0.25, 0.3) is 0 Å². The summed E-state index contributed by atoms with van der Waals surface area (Å²) in [4.78, 5) is 16.5. The van der Waals surface area contributed by atoms with Gasteiger partial charge >= 0.3 is 0 Å². The number of fused-ring (bicyclic) bond motifs is 1. The average Bonchev–Trinajstić information content (AvgIpc) is 3.26. The highest BCUT2D eigenvalue weighted by Gasteiger charge is 2.12. The number of benzene rings is 2. The third kappa shape index (κ3) is 2.91. The van der Waals surface area contributed by atoms with Crippen molar-refractivity contribution >= 4 is 33.9 Å². The van der Waals surface area contributed by atoms with Gasteiger partial charge in [0.1, 0.15) is 10.7 Å². The van der Waals surface area contributed by atoms with Crippen LogP contribution in [0.25, 0.3) is 21.5 Å². The van der Waals surface area contributed by atoms with Crippen molar-refractivity contribution in [1.82, 2.24) is 10.1 Å². The quantitative estimate of drug-likeness (QED) is 0.609. The number of carbonyl (C=O) groups is 1. The van der Waals surface area contributed by atoms with E-state index in [1.54, 1.807) is 17.5 Å². The molecule has 0 bridgehead atoms. The van der Waals surface area contributed by atoms with Gasteiger partial charge < -0.3 is 9.84 Å². The predicted molar refractivity (Wildman–Crippen MR) is 93.9 cm³/mol. The molecule has 1 N–H and O–H groups in total. The van der Waals surface area contributed by atoms with Crippen LogP contribution in [0.3, 0.4) is 0 Å². The Bertz CT molecular complexity index is 975. The zero-order chi connectivity index (χ0) is 16.4. The molecule has 118 valence electrons. The number of hydrogen-bond donors (Lipinski definition) is 1. The van der Waals surface area contributed by atoms with E-state index in [-0.39, 0.29) is 12.3 Å². The minimum Gasteiger partial charge on any atom is -0.356 e. The van der Waals surface area contributed by atoms with Gasteiger partial charge in [-0.3, -0.25) is 4.79 Å². The van der Waals surface area contributed by atoms with E-state index in [4.69, 9.17) is 4.52 Å². The Labute approximate surface area is 141 Å². The Kier molecular flexibility index (Phi) is 3.80. The molecule has 6 heteroatoms. The molecule has 24 heavy (non-hydrogen) atoms. The van der Waals surface area contributed by atoms with Crippen molar-refractivity contribution in [3.63, 3.8) is 0 Å². The normalized spacial score (nSPS) is 10.8. The predicted octanol–water partition coefficient (Wildman–Crippen LogP) is 4.13. The van der Waals surface area contributed by atoms with E-state index >= 15 is 0 Å². The maximum Gasteiger partial charge on any atom is 0.230 e. The molecule has 2 aromatic heterocycles. The Morgan fingerprint density at radius 1 is 1.12 bits per heavy atom. The number of carbonyl (C=O) groups excluding carboxylic acids is 1. The monoisotopic (exact) mass is 335 g/mol. The number of para-hydroxylation sites is 1. The Morgan fingerprint density at radius 3 is 2.75 bits per heavy atom. The SMILES string of the molecule is O=C(Cc1noc2ccccc12)Nc1ccc(-c2nccs2)cc1. The molecule has 5 nitrogen and oxygen atoms in total. The van der Waals surface area contributed by atoms with Gasteiger partial charge in [-0.2, -0.15) is 0 Å². The zero-order valence-electron chi connectivity index (χ0n) is 12.6. The second-order valence-corrected chi connectivity index (χ2v) is 6.16. The van der Waals surface area contributed by atoms with E-state index < -0.39 is 0 Å². The first-order valence-corrected chi connectivity index (χ1v) is 8.30. The molecule has 0 aliphatic heterocycles. The van der Waals surface area contributed by atoms with Crippen molar-refractivity contribution < 1.29 is 9.32 Å². The maximum absolute atomic E-state index is 12.2. The summed E-state index contributed by atoms with van der Waals surface area (Å²) in [5.41, 5.74) is 3.11. The molecule has 4 rings (SSSR count). The van der Waals surface area contributed by atoms with Gasteiger partial charge in [-0.05, 0) is 36.4 Å². The maximum atomic E-state index is 12.2. The molecular weight excluding hydrogens is 322 g/mol. The number of rotatable bonds is 4. The standard InChI is InChI=1S/C18H13N3O2S/c22-17(11-15-14-3-1-2-4-16(14)23-21-15)20-13-7-5-12(6-8-13)18-19-9-10-24-18/h1-10H,11H2,(H,20,22). The van der Waals surface area contributed by atoms with Crippen LogP contribution >= 0.6 is 11.3 Å². The summed E-state index contributed by atoms with van der Waals surface area (Å²) in [5, 5.41) is 10.6. The molecule has 0 radical (unpaired) electrons. The van der Waals surface area contributed by atoms with Crippen LogP contribution in [0.4, 0.5) is 5.69 Å². The number of hydrogen-bond acceptors (Lipinski definition) is 5. The van der Waals surface area contributed by atoms with E-state index in [0.717, 1.165) is 21.6 Å². The molecule has 0 spiro atoms. The van der Waals surface area contributed by atoms with Gasteiger partial charge in [-0.1, -0.05) is 17.3 Å². The fraction of sp³-hybridized carbons (Fsp3) is 0.0556. The minimum absolute atomic E-state index is 0.129. The lowest BCUT2D eigenvalue weighted by Crippen LogP contribution is -2.14. The van der Waals surface area contributed by atoms with Gasteiger partial charge in [0.2, 0.25) is 5.91 Å². The van der Waals surface area contributed by atoms with E-state index in [2.05, 4.69) is 15.5 Å². The van der Waals surface area contributed by atoms with Crippen LogP contribution in [-0.2, 0) is 11.2 Å². The fourth-order valence-electron chi connectivity index (χ4n) is 2.49. The van der Waals surface area contributed by atoms with E-state index in [9.17, 15) is 4.79 Å². The van der Waals surface area contributed by atoms with Crippen LogP contribution in [0.2, 0.25) is 0 Å². The number of nitrogens with one attached hydrogen (secondary N) is 1. The van der Waals surface area contributed by atoms with Crippen molar-refractivity contribution in [3.8, 4) is 10.6 Å². The second kappa shape index (κ2) is 6.25. The fourth-order valence-corrected chi connectivity index (χ4v) is 3.13.